The van der Waals surface area contributed by atoms with Crippen LogP contribution in [0.15, 0.2) is 54.6 Å². The highest BCUT2D eigenvalue weighted by Gasteiger charge is 2.34. The van der Waals surface area contributed by atoms with Crippen LogP contribution >= 0.6 is 0 Å². The zero-order chi connectivity index (χ0) is 18.4. The van der Waals surface area contributed by atoms with E-state index < -0.39 is 16.3 Å². The molecule has 0 bridgehead atoms. The number of rotatable bonds is 6. The van der Waals surface area contributed by atoms with Crippen LogP contribution in [-0.2, 0) is 4.74 Å². The Balaban J connectivity index is 2.08. The van der Waals surface area contributed by atoms with E-state index in [9.17, 15) is 20.2 Å². The summed E-state index contributed by atoms with van der Waals surface area (Å²) >= 11 is 0. The van der Waals surface area contributed by atoms with Crippen molar-refractivity contribution in [2.45, 2.75) is 19.8 Å². The van der Waals surface area contributed by atoms with Crippen LogP contribution in [0.5, 0.6) is 0 Å². The van der Waals surface area contributed by atoms with Crippen molar-refractivity contribution >= 4 is 11.7 Å². The number of nitrogens with zero attached hydrogens (tertiary/aromatic N) is 2. The Morgan fingerprint density at radius 2 is 1.84 bits per heavy atom. The SMILES string of the molecule is C[C@@H](c1ccccc1)[C@@](C)(C#N)COC(=O)c1ccc([N+](=O)[O-])cc1. The van der Waals surface area contributed by atoms with Gasteiger partial charge < -0.3 is 4.74 Å². The molecule has 0 N–H and O–H groups in total. The second-order valence-electron chi connectivity index (χ2n) is 6.04. The standard InChI is InChI=1S/C19H18N2O4/c1-14(15-6-4-3-5-7-15)19(2,12-20)13-25-18(22)16-8-10-17(11-9-16)21(23)24/h3-11,14H,13H2,1-2H3/t14-,19-/m0/s1. The predicted molar refractivity (Wildman–Crippen MR) is 92.0 cm³/mol. The van der Waals surface area contributed by atoms with Gasteiger partial charge in [-0.25, -0.2) is 4.79 Å². The van der Waals surface area contributed by atoms with Crippen molar-refractivity contribution in [2.75, 3.05) is 6.61 Å². The molecule has 0 saturated heterocycles. The first kappa shape index (κ1) is 18.1. The van der Waals surface area contributed by atoms with E-state index in [2.05, 4.69) is 6.07 Å². The maximum Gasteiger partial charge on any atom is 0.338 e. The number of carbonyl (C=O) groups is 1. The summed E-state index contributed by atoms with van der Waals surface area (Å²) in [5, 5.41) is 20.2. The Morgan fingerprint density at radius 1 is 1.24 bits per heavy atom. The summed E-state index contributed by atoms with van der Waals surface area (Å²) in [7, 11) is 0. The van der Waals surface area contributed by atoms with Gasteiger partial charge in [0.15, 0.2) is 0 Å². The number of benzene rings is 2. The van der Waals surface area contributed by atoms with Crippen molar-refractivity contribution in [1.82, 2.24) is 0 Å². The molecule has 0 aliphatic rings. The van der Waals surface area contributed by atoms with E-state index in [0.29, 0.717) is 0 Å². The van der Waals surface area contributed by atoms with Gasteiger partial charge in [-0.2, -0.15) is 5.26 Å². The van der Waals surface area contributed by atoms with E-state index in [-0.39, 0.29) is 23.8 Å². The fourth-order valence-electron chi connectivity index (χ4n) is 2.38. The van der Waals surface area contributed by atoms with Gasteiger partial charge in [-0.15, -0.1) is 0 Å². The minimum atomic E-state index is -0.891. The van der Waals surface area contributed by atoms with Gasteiger partial charge in [0.25, 0.3) is 5.69 Å². The largest absolute Gasteiger partial charge is 0.460 e. The minimum Gasteiger partial charge on any atom is -0.460 e. The van der Waals surface area contributed by atoms with Crippen LogP contribution in [0.3, 0.4) is 0 Å². The molecule has 2 aromatic rings. The maximum atomic E-state index is 12.1. The molecule has 0 aliphatic carbocycles. The first-order valence-corrected chi connectivity index (χ1v) is 7.75. The Hall–Kier alpha value is -3.20. The first-order chi connectivity index (χ1) is 11.9. The molecule has 25 heavy (non-hydrogen) atoms. The van der Waals surface area contributed by atoms with Gasteiger partial charge in [-0.05, 0) is 24.6 Å². The number of nitro benzene ring substituents is 1. The first-order valence-electron chi connectivity index (χ1n) is 7.75. The van der Waals surface area contributed by atoms with Gasteiger partial charge in [-0.3, -0.25) is 10.1 Å². The van der Waals surface area contributed by atoms with Crippen molar-refractivity contribution in [3.05, 3.63) is 75.8 Å². The molecule has 0 heterocycles. The molecule has 2 rings (SSSR count). The lowest BCUT2D eigenvalue weighted by Crippen LogP contribution is -2.29. The highest BCUT2D eigenvalue weighted by Crippen LogP contribution is 2.35. The number of hydrogen-bond acceptors (Lipinski definition) is 5. The zero-order valence-corrected chi connectivity index (χ0v) is 14.0. The summed E-state index contributed by atoms with van der Waals surface area (Å²) in [6.07, 6.45) is 0. The lowest BCUT2D eigenvalue weighted by Gasteiger charge is -2.28. The van der Waals surface area contributed by atoms with Crippen LogP contribution in [0.2, 0.25) is 0 Å². The van der Waals surface area contributed by atoms with Crippen LogP contribution in [0, 0.1) is 26.9 Å². The molecule has 2 atom stereocenters. The van der Waals surface area contributed by atoms with Crippen molar-refractivity contribution in [3.63, 3.8) is 0 Å². The Labute approximate surface area is 145 Å². The van der Waals surface area contributed by atoms with E-state index in [4.69, 9.17) is 4.74 Å². The number of nitriles is 1. The van der Waals surface area contributed by atoms with E-state index >= 15 is 0 Å². The van der Waals surface area contributed by atoms with Crippen molar-refractivity contribution < 1.29 is 14.5 Å². The summed E-state index contributed by atoms with van der Waals surface area (Å²) in [6.45, 7) is 3.58. The molecule has 128 valence electrons. The number of non-ortho nitro benzene ring substituents is 1. The number of carbonyl (C=O) groups excluding carboxylic acids is 1. The molecule has 6 heteroatoms. The van der Waals surface area contributed by atoms with Crippen LogP contribution in [-0.4, -0.2) is 17.5 Å². The van der Waals surface area contributed by atoms with Gasteiger partial charge in [0.2, 0.25) is 0 Å². The Kier molecular flexibility index (Phi) is 5.50. The average Bonchev–Trinajstić information content (AvgIpc) is 2.66. The van der Waals surface area contributed by atoms with Crippen molar-refractivity contribution in [1.29, 1.82) is 5.26 Å². The van der Waals surface area contributed by atoms with Crippen LogP contribution in [0.25, 0.3) is 0 Å². The monoisotopic (exact) mass is 338 g/mol. The maximum absolute atomic E-state index is 12.1. The molecule has 0 radical (unpaired) electrons. The van der Waals surface area contributed by atoms with Gasteiger partial charge in [0.1, 0.15) is 6.61 Å². The summed E-state index contributed by atoms with van der Waals surface area (Å²) in [6, 6.07) is 16.9. The minimum absolute atomic E-state index is 0.0740. The van der Waals surface area contributed by atoms with Gasteiger partial charge in [-0.1, -0.05) is 37.3 Å². The number of hydrogen-bond donors (Lipinski definition) is 0. The van der Waals surface area contributed by atoms with E-state index in [1.165, 1.54) is 24.3 Å². The van der Waals surface area contributed by atoms with Gasteiger partial charge >= 0.3 is 5.97 Å². The van der Waals surface area contributed by atoms with Crippen molar-refractivity contribution in [2.24, 2.45) is 5.41 Å². The second-order valence-corrected chi connectivity index (χ2v) is 6.04. The Morgan fingerprint density at radius 3 is 2.36 bits per heavy atom. The molecular weight excluding hydrogens is 320 g/mol. The van der Waals surface area contributed by atoms with Gasteiger partial charge in [0, 0.05) is 18.1 Å². The van der Waals surface area contributed by atoms with Crippen molar-refractivity contribution in [3.8, 4) is 6.07 Å². The zero-order valence-electron chi connectivity index (χ0n) is 14.0. The summed E-state index contributed by atoms with van der Waals surface area (Å²) in [4.78, 5) is 22.2. The molecular formula is C19H18N2O4. The highest BCUT2D eigenvalue weighted by molar-refractivity contribution is 5.89. The molecule has 0 aliphatic heterocycles. The molecule has 0 spiro atoms. The fraction of sp³-hybridized carbons (Fsp3) is 0.263. The van der Waals surface area contributed by atoms with Gasteiger partial charge in [0.05, 0.1) is 22.0 Å². The number of ether oxygens (including phenoxy) is 1. The third-order valence-electron chi connectivity index (χ3n) is 4.33. The molecule has 2 aromatic carbocycles. The van der Waals surface area contributed by atoms with Crippen LogP contribution < -0.4 is 0 Å². The van der Waals surface area contributed by atoms with E-state index in [1.54, 1.807) is 6.92 Å². The average molecular weight is 338 g/mol. The smallest absolute Gasteiger partial charge is 0.338 e. The van der Waals surface area contributed by atoms with Crippen LogP contribution in [0.4, 0.5) is 5.69 Å². The van der Waals surface area contributed by atoms with E-state index in [0.717, 1.165) is 5.56 Å². The third-order valence-corrected chi connectivity index (χ3v) is 4.33. The highest BCUT2D eigenvalue weighted by atomic mass is 16.6. The molecule has 0 amide bonds. The molecule has 0 fully saturated rings. The normalized spacial score (nSPS) is 14.0. The molecule has 6 nitrogen and oxygen atoms in total. The predicted octanol–water partition coefficient (Wildman–Crippen LogP) is 4.09. The summed E-state index contributed by atoms with van der Waals surface area (Å²) in [5.41, 5.74) is 0.199. The fourth-order valence-corrected chi connectivity index (χ4v) is 2.38. The molecule has 0 saturated carbocycles. The topological polar surface area (TPSA) is 93.2 Å². The quantitative estimate of drug-likeness (QED) is 0.449. The van der Waals surface area contributed by atoms with E-state index in [1.807, 2.05) is 37.3 Å². The number of nitro groups is 1. The summed E-state index contributed by atoms with van der Waals surface area (Å²) in [5.74, 6) is -0.750. The molecule has 0 aromatic heterocycles. The lowest BCUT2D eigenvalue weighted by atomic mass is 9.76. The lowest BCUT2D eigenvalue weighted by molar-refractivity contribution is -0.384. The second kappa shape index (κ2) is 7.58. The van der Waals surface area contributed by atoms with Crippen LogP contribution in [0.1, 0.15) is 35.7 Å². The third kappa shape index (κ3) is 4.21. The summed E-state index contributed by atoms with van der Waals surface area (Å²) < 4.78 is 5.30. The Bertz CT molecular complexity index is 796. The molecule has 0 unspecified atom stereocenters. The number of esters is 1.